The molecule has 0 unspecified atom stereocenters. The molecule has 0 radical (unpaired) electrons. The van der Waals surface area contributed by atoms with Gasteiger partial charge in [-0.15, -0.1) is 5.10 Å². The molecule has 1 aromatic carbocycles. The Hall–Kier alpha value is -1.88. The predicted molar refractivity (Wildman–Crippen MR) is 64.3 cm³/mol. The third-order valence-corrected chi connectivity index (χ3v) is 3.08. The lowest BCUT2D eigenvalue weighted by Gasteiger charge is -2.11. The summed E-state index contributed by atoms with van der Waals surface area (Å²) in [6.07, 6.45) is 0. The number of aromatic nitrogens is 3. The highest BCUT2D eigenvalue weighted by Gasteiger charge is 2.17. The number of hydrogen-bond donors (Lipinski definition) is 1. The van der Waals surface area contributed by atoms with Crippen molar-refractivity contribution < 1.29 is 0 Å². The first kappa shape index (κ1) is 10.3. The van der Waals surface area contributed by atoms with Crippen molar-refractivity contribution >= 4 is 0 Å². The van der Waals surface area contributed by atoms with Crippen molar-refractivity contribution in [3.05, 3.63) is 46.1 Å². The van der Waals surface area contributed by atoms with E-state index in [-0.39, 0.29) is 5.69 Å². The highest BCUT2D eigenvalue weighted by Crippen LogP contribution is 2.11. The van der Waals surface area contributed by atoms with Crippen LogP contribution in [0.1, 0.15) is 11.4 Å². The molecule has 1 aliphatic rings. The summed E-state index contributed by atoms with van der Waals surface area (Å²) < 4.78 is 3.24. The summed E-state index contributed by atoms with van der Waals surface area (Å²) in [4.78, 5) is 12.2. The van der Waals surface area contributed by atoms with Gasteiger partial charge in [0.25, 0.3) is 0 Å². The van der Waals surface area contributed by atoms with Gasteiger partial charge < -0.3 is 5.32 Å². The first-order chi connectivity index (χ1) is 8.27. The Morgan fingerprint density at radius 3 is 2.94 bits per heavy atom. The summed E-state index contributed by atoms with van der Waals surface area (Å²) in [5.41, 5.74) is 1.87. The Bertz CT molecular complexity index is 611. The van der Waals surface area contributed by atoms with Crippen molar-refractivity contribution in [1.82, 2.24) is 19.7 Å². The van der Waals surface area contributed by atoms with E-state index >= 15 is 0 Å². The molecule has 1 aromatic heterocycles. The van der Waals surface area contributed by atoms with Crippen LogP contribution in [0.2, 0.25) is 0 Å². The molecule has 3 rings (SSSR count). The van der Waals surface area contributed by atoms with Crippen molar-refractivity contribution in [3.63, 3.8) is 0 Å². The largest absolute Gasteiger partial charge is 0.350 e. The molecule has 0 amide bonds. The quantitative estimate of drug-likeness (QED) is 0.773. The summed E-state index contributed by atoms with van der Waals surface area (Å²) in [6.45, 7) is 4.17. The minimum atomic E-state index is -0.0456. The molecule has 2 heterocycles. The van der Waals surface area contributed by atoms with E-state index < -0.39 is 0 Å². The van der Waals surface area contributed by atoms with Crippen LogP contribution in [0.4, 0.5) is 0 Å². The summed E-state index contributed by atoms with van der Waals surface area (Å²) in [6, 6.07) is 7.79. The minimum Gasteiger partial charge on any atom is -0.308 e. The van der Waals surface area contributed by atoms with E-state index in [0.717, 1.165) is 23.6 Å². The average molecular weight is 230 g/mol. The first-order valence-electron chi connectivity index (χ1n) is 5.73. The lowest BCUT2D eigenvalue weighted by molar-refractivity contribution is 0.497. The molecule has 1 N–H and O–H groups in total. The summed E-state index contributed by atoms with van der Waals surface area (Å²) >= 11 is 0. The van der Waals surface area contributed by atoms with Crippen LogP contribution in [0.3, 0.4) is 0 Å². The van der Waals surface area contributed by atoms with E-state index in [1.54, 1.807) is 4.57 Å². The van der Waals surface area contributed by atoms with Gasteiger partial charge in [-0.3, -0.25) is 4.57 Å². The third kappa shape index (κ3) is 1.59. The Morgan fingerprint density at radius 1 is 1.35 bits per heavy atom. The molecular formula is C12H14N4O. The minimum absolute atomic E-state index is 0.0456. The molecule has 0 atom stereocenters. The molecule has 0 bridgehead atoms. The number of hydrogen-bond acceptors (Lipinski definition) is 3. The van der Waals surface area contributed by atoms with E-state index in [4.69, 9.17) is 0 Å². The standard InChI is InChI=1S/C12H14N4O/c1-9-4-2-3-5-10(9)16-12(17)15-7-6-13-8-11(15)14-16/h2-5,13H,6-8H2,1H3. The van der Waals surface area contributed by atoms with Gasteiger partial charge in [-0.25, -0.2) is 4.79 Å². The summed E-state index contributed by atoms with van der Waals surface area (Å²) in [5.74, 6) is 0.810. The fourth-order valence-electron chi connectivity index (χ4n) is 2.14. The maximum Gasteiger partial charge on any atom is 0.350 e. The van der Waals surface area contributed by atoms with E-state index in [1.807, 2.05) is 31.2 Å². The van der Waals surface area contributed by atoms with Crippen LogP contribution in [0.25, 0.3) is 5.69 Å². The molecule has 1 aliphatic heterocycles. The van der Waals surface area contributed by atoms with Gasteiger partial charge in [-0.2, -0.15) is 4.68 Å². The summed E-state index contributed by atoms with van der Waals surface area (Å²) in [7, 11) is 0. The second-order valence-corrected chi connectivity index (χ2v) is 4.23. The number of para-hydroxylation sites is 1. The SMILES string of the molecule is Cc1ccccc1-n1nc2n(c1=O)CCNC2. The fourth-order valence-corrected chi connectivity index (χ4v) is 2.14. The van der Waals surface area contributed by atoms with Crippen molar-refractivity contribution in [2.75, 3.05) is 6.54 Å². The van der Waals surface area contributed by atoms with Gasteiger partial charge in [0.15, 0.2) is 0 Å². The number of fused-ring (bicyclic) bond motifs is 1. The molecule has 2 aromatic rings. The maximum atomic E-state index is 12.2. The smallest absolute Gasteiger partial charge is 0.308 e. The average Bonchev–Trinajstić information content (AvgIpc) is 2.68. The van der Waals surface area contributed by atoms with Crippen LogP contribution < -0.4 is 11.0 Å². The Kier molecular flexibility index (Phi) is 2.33. The van der Waals surface area contributed by atoms with E-state index in [0.29, 0.717) is 13.1 Å². The molecule has 88 valence electrons. The van der Waals surface area contributed by atoms with Crippen LogP contribution in [-0.2, 0) is 13.1 Å². The number of aryl methyl sites for hydroxylation is 1. The zero-order chi connectivity index (χ0) is 11.8. The molecule has 0 saturated heterocycles. The highest BCUT2D eigenvalue weighted by atomic mass is 16.2. The fraction of sp³-hybridized carbons (Fsp3) is 0.333. The lowest BCUT2D eigenvalue weighted by atomic mass is 10.2. The Labute approximate surface area is 98.7 Å². The van der Waals surface area contributed by atoms with Gasteiger partial charge in [0.2, 0.25) is 0 Å². The van der Waals surface area contributed by atoms with Crippen LogP contribution in [0.5, 0.6) is 0 Å². The number of benzene rings is 1. The lowest BCUT2D eigenvalue weighted by Crippen LogP contribution is -2.34. The molecule has 17 heavy (non-hydrogen) atoms. The molecule has 0 aliphatic carbocycles. The summed E-state index contributed by atoms with van der Waals surface area (Å²) in [5, 5.41) is 7.60. The van der Waals surface area contributed by atoms with Gasteiger partial charge in [-0.05, 0) is 18.6 Å². The molecule has 0 fully saturated rings. The molecule has 5 heteroatoms. The van der Waals surface area contributed by atoms with Crippen molar-refractivity contribution in [1.29, 1.82) is 0 Å². The number of nitrogens with zero attached hydrogens (tertiary/aromatic N) is 3. The van der Waals surface area contributed by atoms with E-state index in [1.165, 1.54) is 4.68 Å². The normalized spacial score (nSPS) is 14.6. The Morgan fingerprint density at radius 2 is 2.18 bits per heavy atom. The highest BCUT2D eigenvalue weighted by molar-refractivity contribution is 5.38. The van der Waals surface area contributed by atoms with E-state index in [2.05, 4.69) is 10.4 Å². The second-order valence-electron chi connectivity index (χ2n) is 4.23. The van der Waals surface area contributed by atoms with Gasteiger partial charge in [0, 0.05) is 13.1 Å². The topological polar surface area (TPSA) is 51.9 Å². The van der Waals surface area contributed by atoms with Crippen LogP contribution in [0, 0.1) is 6.92 Å². The van der Waals surface area contributed by atoms with E-state index in [9.17, 15) is 4.79 Å². The van der Waals surface area contributed by atoms with Crippen molar-refractivity contribution in [3.8, 4) is 5.69 Å². The van der Waals surface area contributed by atoms with Crippen LogP contribution in [-0.4, -0.2) is 20.9 Å². The number of rotatable bonds is 1. The van der Waals surface area contributed by atoms with Gasteiger partial charge in [0.05, 0.1) is 12.2 Å². The third-order valence-electron chi connectivity index (χ3n) is 3.08. The maximum absolute atomic E-state index is 12.2. The first-order valence-corrected chi connectivity index (χ1v) is 5.73. The monoisotopic (exact) mass is 230 g/mol. The van der Waals surface area contributed by atoms with Gasteiger partial charge in [0.1, 0.15) is 5.82 Å². The number of nitrogens with one attached hydrogen (secondary N) is 1. The van der Waals surface area contributed by atoms with Crippen molar-refractivity contribution in [2.45, 2.75) is 20.0 Å². The van der Waals surface area contributed by atoms with Gasteiger partial charge >= 0.3 is 5.69 Å². The zero-order valence-electron chi connectivity index (χ0n) is 9.68. The van der Waals surface area contributed by atoms with Crippen LogP contribution >= 0.6 is 0 Å². The molecule has 0 spiro atoms. The second kappa shape index (κ2) is 3.85. The molecular weight excluding hydrogens is 216 g/mol. The zero-order valence-corrected chi connectivity index (χ0v) is 9.68. The Balaban J connectivity index is 2.20. The molecule has 5 nitrogen and oxygen atoms in total. The predicted octanol–water partition coefficient (Wildman–Crippen LogP) is 0.446. The van der Waals surface area contributed by atoms with Crippen LogP contribution in [0.15, 0.2) is 29.1 Å². The van der Waals surface area contributed by atoms with Gasteiger partial charge in [-0.1, -0.05) is 18.2 Å². The molecule has 0 saturated carbocycles. The van der Waals surface area contributed by atoms with Crippen molar-refractivity contribution in [2.24, 2.45) is 0 Å².